The van der Waals surface area contributed by atoms with Crippen molar-refractivity contribution in [3.05, 3.63) is 71.3 Å². The van der Waals surface area contributed by atoms with Gasteiger partial charge in [0.15, 0.2) is 23.0 Å². The highest BCUT2D eigenvalue weighted by Crippen LogP contribution is 2.45. The van der Waals surface area contributed by atoms with Crippen molar-refractivity contribution in [2.45, 2.75) is 69.4 Å². The fourth-order valence-electron chi connectivity index (χ4n) is 7.78. The van der Waals surface area contributed by atoms with Crippen LogP contribution in [0.2, 0.25) is 0 Å². The Hall–Kier alpha value is -4.68. The molecular weight excluding hydrogens is 716 g/mol. The van der Waals surface area contributed by atoms with E-state index in [1.165, 1.54) is 0 Å². The summed E-state index contributed by atoms with van der Waals surface area (Å²) in [6.45, 7) is 5.07. The number of carbonyl (C=O) groups is 2. The maximum Gasteiger partial charge on any atom is 0.329 e. The second-order valence-electron chi connectivity index (χ2n) is 14.8. The molecule has 6 rings (SSSR count). The van der Waals surface area contributed by atoms with E-state index in [4.69, 9.17) is 37.9 Å². The zero-order valence-corrected chi connectivity index (χ0v) is 33.6. The van der Waals surface area contributed by atoms with Gasteiger partial charge >= 0.3 is 5.97 Å². The normalized spacial score (nSPS) is 18.4. The van der Waals surface area contributed by atoms with E-state index in [0.717, 1.165) is 75.2 Å². The third-order valence-corrected chi connectivity index (χ3v) is 11.1. The summed E-state index contributed by atoms with van der Waals surface area (Å²) >= 11 is 0. The van der Waals surface area contributed by atoms with Crippen molar-refractivity contribution in [1.82, 2.24) is 9.80 Å². The minimum atomic E-state index is -0.712. The summed E-state index contributed by atoms with van der Waals surface area (Å²) in [5.74, 6) is 2.96. The molecule has 1 saturated carbocycles. The molecule has 0 bridgehead atoms. The molecule has 1 aliphatic carbocycles. The number of esters is 1. The van der Waals surface area contributed by atoms with Crippen LogP contribution >= 0.6 is 0 Å². The Bertz CT molecular complexity index is 1730. The zero-order chi connectivity index (χ0) is 39.4. The Balaban J connectivity index is 1.23. The van der Waals surface area contributed by atoms with Gasteiger partial charge in [0.25, 0.3) is 0 Å². The second-order valence-corrected chi connectivity index (χ2v) is 14.8. The van der Waals surface area contributed by atoms with E-state index in [1.54, 1.807) is 40.4 Å². The second kappa shape index (κ2) is 20.0. The summed E-state index contributed by atoms with van der Waals surface area (Å²) in [6.07, 6.45) is 5.54. The molecule has 56 heavy (non-hydrogen) atoms. The van der Waals surface area contributed by atoms with Gasteiger partial charge in [0.1, 0.15) is 24.5 Å². The number of hydrogen-bond acceptors (Lipinski definition) is 11. The molecule has 0 aromatic heterocycles. The van der Waals surface area contributed by atoms with Gasteiger partial charge in [0, 0.05) is 26.2 Å². The third-order valence-electron chi connectivity index (χ3n) is 11.1. The smallest absolute Gasteiger partial charge is 0.329 e. The van der Waals surface area contributed by atoms with Crippen molar-refractivity contribution in [1.29, 1.82) is 0 Å². The minimum absolute atomic E-state index is 0.0784. The first-order valence-corrected chi connectivity index (χ1v) is 19.9. The molecule has 12 heteroatoms. The molecular formula is C44H58N2O10. The predicted octanol–water partition coefficient (Wildman–Crippen LogP) is 6.62. The van der Waals surface area contributed by atoms with E-state index in [1.807, 2.05) is 54.6 Å². The number of hydrogen-bond donors (Lipinski definition) is 0. The zero-order valence-electron chi connectivity index (χ0n) is 33.6. The van der Waals surface area contributed by atoms with Gasteiger partial charge < -0.3 is 42.8 Å². The van der Waals surface area contributed by atoms with Crippen LogP contribution in [0.15, 0.2) is 54.6 Å². The summed E-state index contributed by atoms with van der Waals surface area (Å²) in [5, 5.41) is 0. The molecule has 3 fully saturated rings. The number of nitrogens with zero attached hydrogens (tertiary/aromatic N) is 2. The molecule has 3 aromatic rings. The molecule has 0 N–H and O–H groups in total. The van der Waals surface area contributed by atoms with Crippen molar-refractivity contribution >= 4 is 11.9 Å². The molecule has 2 heterocycles. The van der Waals surface area contributed by atoms with E-state index in [9.17, 15) is 9.59 Å². The number of piperidine rings is 1. The molecule has 3 aromatic carbocycles. The summed E-state index contributed by atoms with van der Waals surface area (Å²) in [4.78, 5) is 33.3. The molecule has 1 amide bonds. The van der Waals surface area contributed by atoms with Crippen molar-refractivity contribution in [2.24, 2.45) is 5.92 Å². The average Bonchev–Trinajstić information content (AvgIpc) is 4.08. The van der Waals surface area contributed by atoms with E-state index in [-0.39, 0.29) is 5.91 Å². The lowest BCUT2D eigenvalue weighted by molar-refractivity contribution is -0.162. The highest BCUT2D eigenvalue weighted by Gasteiger charge is 2.40. The Kier molecular flexibility index (Phi) is 14.6. The quantitative estimate of drug-likeness (QED) is 0.123. The number of morpholine rings is 1. The van der Waals surface area contributed by atoms with Crippen molar-refractivity contribution < 1.29 is 47.5 Å². The van der Waals surface area contributed by atoms with E-state index in [2.05, 4.69) is 4.90 Å². The van der Waals surface area contributed by atoms with Crippen LogP contribution in [-0.2, 0) is 25.5 Å². The van der Waals surface area contributed by atoms with Gasteiger partial charge in [0.05, 0.1) is 54.7 Å². The van der Waals surface area contributed by atoms with Crippen molar-refractivity contribution in [2.75, 3.05) is 81.5 Å². The number of ether oxygens (including phenoxy) is 8. The van der Waals surface area contributed by atoms with Gasteiger partial charge in [-0.1, -0.05) is 31.0 Å². The first-order valence-electron chi connectivity index (χ1n) is 19.9. The molecule has 12 nitrogen and oxygen atoms in total. The highest BCUT2D eigenvalue weighted by molar-refractivity contribution is 5.89. The number of aryl methyl sites for hydroxylation is 1. The van der Waals surface area contributed by atoms with Gasteiger partial charge in [0.2, 0.25) is 11.7 Å². The minimum Gasteiger partial charge on any atom is -0.493 e. The van der Waals surface area contributed by atoms with E-state index < -0.39 is 24.0 Å². The number of methoxy groups -OCH3 is 5. The van der Waals surface area contributed by atoms with Gasteiger partial charge in [-0.05, 0) is 97.5 Å². The van der Waals surface area contributed by atoms with Crippen LogP contribution in [0.25, 0.3) is 0 Å². The highest BCUT2D eigenvalue weighted by atomic mass is 16.5. The molecule has 2 aliphatic heterocycles. The SMILES string of the molecule is COc1ccc(CC[C@@H](OC(=O)[C@@H]2CCCCN2C(=O)[C@@H](CC2CC2)c2cc(OC)c(OC)c(OC)c2)c2cccc(OCCN3CCOCC3)c2)cc1OC. The van der Waals surface area contributed by atoms with Crippen LogP contribution < -0.4 is 28.4 Å². The van der Waals surface area contributed by atoms with Crippen molar-refractivity contribution in [3.63, 3.8) is 0 Å². The van der Waals surface area contributed by atoms with E-state index >= 15 is 0 Å². The van der Waals surface area contributed by atoms with Gasteiger partial charge in [-0.25, -0.2) is 4.79 Å². The van der Waals surface area contributed by atoms with Gasteiger partial charge in [-0.2, -0.15) is 0 Å². The Morgan fingerprint density at radius 3 is 2.18 bits per heavy atom. The maximum absolute atomic E-state index is 14.7. The molecule has 0 unspecified atom stereocenters. The lowest BCUT2D eigenvalue weighted by Gasteiger charge is -2.37. The number of carbonyl (C=O) groups excluding carboxylic acids is 2. The third kappa shape index (κ3) is 10.4. The molecule has 0 radical (unpaired) electrons. The average molecular weight is 775 g/mol. The van der Waals surface area contributed by atoms with Crippen LogP contribution in [-0.4, -0.2) is 109 Å². The number of rotatable bonds is 19. The lowest BCUT2D eigenvalue weighted by atomic mass is 9.89. The number of benzene rings is 3. The van der Waals surface area contributed by atoms with Crippen LogP contribution in [0.5, 0.6) is 34.5 Å². The number of likely N-dealkylation sites (tertiary alicyclic amines) is 1. The number of amides is 1. The molecule has 3 atom stereocenters. The van der Waals surface area contributed by atoms with Crippen molar-refractivity contribution in [3.8, 4) is 34.5 Å². The summed E-state index contributed by atoms with van der Waals surface area (Å²) < 4.78 is 46.1. The van der Waals surface area contributed by atoms with Crippen LogP contribution in [0.3, 0.4) is 0 Å². The van der Waals surface area contributed by atoms with Gasteiger partial charge in [-0.15, -0.1) is 0 Å². The maximum atomic E-state index is 14.7. The fraction of sp³-hybridized carbons (Fsp3) is 0.545. The first kappa shape index (κ1) is 41.0. The summed E-state index contributed by atoms with van der Waals surface area (Å²) in [6, 6.07) is 16.7. The lowest BCUT2D eigenvalue weighted by Crippen LogP contribution is -2.50. The monoisotopic (exact) mass is 774 g/mol. The Morgan fingerprint density at radius 2 is 1.50 bits per heavy atom. The standard InChI is InChI=1S/C44H58N2O10/c1-49-38-17-15-31(26-39(38)50-2)14-16-37(32-9-8-10-34(27-32)55-24-21-45-19-22-54-23-20-45)56-44(48)36-11-6-7-18-46(36)43(47)35(25-30-12-13-30)33-28-40(51-3)42(53-5)41(29-33)52-4/h8-10,15,17,26-30,35-37H,6-7,11-14,16,18-25H2,1-5H3/t35-,36-,37+/m0/s1. The Labute approximate surface area is 331 Å². The molecule has 3 aliphatic rings. The van der Waals surface area contributed by atoms with Crippen LogP contribution in [0.4, 0.5) is 0 Å². The molecule has 304 valence electrons. The Morgan fingerprint density at radius 1 is 0.768 bits per heavy atom. The topological polar surface area (TPSA) is 114 Å². The fourth-order valence-corrected chi connectivity index (χ4v) is 7.78. The largest absolute Gasteiger partial charge is 0.493 e. The molecule has 2 saturated heterocycles. The summed E-state index contributed by atoms with van der Waals surface area (Å²) in [7, 11) is 7.94. The van der Waals surface area contributed by atoms with Crippen LogP contribution in [0, 0.1) is 5.92 Å². The van der Waals surface area contributed by atoms with Crippen LogP contribution in [0.1, 0.15) is 73.7 Å². The predicted molar refractivity (Wildman–Crippen MR) is 211 cm³/mol. The summed E-state index contributed by atoms with van der Waals surface area (Å²) in [5.41, 5.74) is 2.64. The first-order chi connectivity index (χ1) is 27.3. The van der Waals surface area contributed by atoms with E-state index in [0.29, 0.717) is 79.2 Å². The molecule has 0 spiro atoms. The van der Waals surface area contributed by atoms with Gasteiger partial charge in [-0.3, -0.25) is 9.69 Å².